The van der Waals surface area contributed by atoms with Gasteiger partial charge in [0, 0.05) is 19.5 Å². The van der Waals surface area contributed by atoms with Gasteiger partial charge in [-0.1, -0.05) is 5.16 Å². The Morgan fingerprint density at radius 1 is 1.76 bits per heavy atom. The third-order valence-corrected chi connectivity index (χ3v) is 2.67. The second-order valence-corrected chi connectivity index (χ2v) is 4.18. The summed E-state index contributed by atoms with van der Waals surface area (Å²) in [6.07, 6.45) is 0.949. The van der Waals surface area contributed by atoms with Gasteiger partial charge in [0.25, 0.3) is 5.92 Å². The van der Waals surface area contributed by atoms with E-state index in [9.17, 15) is 13.6 Å². The van der Waals surface area contributed by atoms with Crippen LogP contribution in [0, 0.1) is 0 Å². The summed E-state index contributed by atoms with van der Waals surface area (Å²) in [4.78, 5) is 13.2. The van der Waals surface area contributed by atoms with Crippen LogP contribution in [0.1, 0.15) is 12.1 Å². The van der Waals surface area contributed by atoms with E-state index in [-0.39, 0.29) is 12.5 Å². The van der Waals surface area contributed by atoms with Crippen molar-refractivity contribution in [2.45, 2.75) is 24.9 Å². The number of rotatable bonds is 3. The van der Waals surface area contributed by atoms with Gasteiger partial charge in [0.1, 0.15) is 12.0 Å². The van der Waals surface area contributed by atoms with Crippen LogP contribution in [0.25, 0.3) is 0 Å². The van der Waals surface area contributed by atoms with Crippen LogP contribution in [0.15, 0.2) is 16.9 Å². The van der Waals surface area contributed by atoms with Crippen LogP contribution in [-0.2, 0) is 11.3 Å². The van der Waals surface area contributed by atoms with Crippen LogP contribution in [0.2, 0.25) is 0 Å². The van der Waals surface area contributed by atoms with E-state index < -0.39 is 24.9 Å². The molecule has 7 heteroatoms. The number of nitrogens with zero attached hydrogens (tertiary/aromatic N) is 2. The molecule has 1 saturated heterocycles. The highest BCUT2D eigenvalue weighted by Gasteiger charge is 2.43. The van der Waals surface area contributed by atoms with Gasteiger partial charge in [-0.25, -0.2) is 8.78 Å². The van der Waals surface area contributed by atoms with Gasteiger partial charge in [0.15, 0.2) is 0 Å². The minimum Gasteiger partial charge on any atom is -0.364 e. The zero-order chi connectivity index (χ0) is 12.5. The Balaban J connectivity index is 1.92. The minimum absolute atomic E-state index is 0.249. The Kier molecular flexibility index (Phi) is 3.10. The van der Waals surface area contributed by atoms with Gasteiger partial charge in [0.05, 0.1) is 19.1 Å². The van der Waals surface area contributed by atoms with Crippen LogP contribution in [0.5, 0.6) is 0 Å². The SMILES string of the molecule is CN(Cc1ccon1)C(=O)C1CC(F)(F)CN1. The van der Waals surface area contributed by atoms with Crippen molar-refractivity contribution < 1.29 is 18.1 Å². The van der Waals surface area contributed by atoms with Crippen LogP contribution in [0.4, 0.5) is 8.78 Å². The molecule has 1 aromatic rings. The molecule has 0 spiro atoms. The molecule has 1 N–H and O–H groups in total. The Hall–Kier alpha value is -1.50. The number of amides is 1. The van der Waals surface area contributed by atoms with E-state index in [0.717, 1.165) is 0 Å². The first-order valence-corrected chi connectivity index (χ1v) is 5.23. The third-order valence-electron chi connectivity index (χ3n) is 2.67. The molecule has 1 unspecified atom stereocenters. The molecule has 5 nitrogen and oxygen atoms in total. The van der Waals surface area contributed by atoms with Crippen LogP contribution in [0.3, 0.4) is 0 Å². The first-order chi connectivity index (χ1) is 7.98. The average Bonchev–Trinajstić information content (AvgIpc) is 2.86. The summed E-state index contributed by atoms with van der Waals surface area (Å²) in [5.41, 5.74) is 0.589. The van der Waals surface area contributed by atoms with Crippen LogP contribution in [-0.4, -0.2) is 41.5 Å². The Morgan fingerprint density at radius 3 is 3.06 bits per heavy atom. The fraction of sp³-hybridized carbons (Fsp3) is 0.600. The zero-order valence-electron chi connectivity index (χ0n) is 9.32. The maximum Gasteiger partial charge on any atom is 0.262 e. The molecule has 1 aliphatic rings. The molecule has 17 heavy (non-hydrogen) atoms. The number of hydrogen-bond donors (Lipinski definition) is 1. The van der Waals surface area contributed by atoms with E-state index in [1.807, 2.05) is 0 Å². The van der Waals surface area contributed by atoms with Crippen molar-refractivity contribution in [3.05, 3.63) is 18.0 Å². The fourth-order valence-corrected chi connectivity index (χ4v) is 1.80. The molecule has 1 fully saturated rings. The predicted octanol–water partition coefficient (Wildman–Crippen LogP) is 0.630. The van der Waals surface area contributed by atoms with Crippen molar-refractivity contribution in [3.8, 4) is 0 Å². The standard InChI is InChI=1S/C10H13F2N3O2/c1-15(5-7-2-3-17-14-7)9(16)8-4-10(11,12)6-13-8/h2-3,8,13H,4-6H2,1H3. The number of nitrogens with one attached hydrogen (secondary N) is 1. The quantitative estimate of drug-likeness (QED) is 0.848. The van der Waals surface area contributed by atoms with Gasteiger partial charge >= 0.3 is 0 Å². The third kappa shape index (κ3) is 2.79. The first-order valence-electron chi connectivity index (χ1n) is 5.23. The maximum absolute atomic E-state index is 12.9. The largest absolute Gasteiger partial charge is 0.364 e. The molecular formula is C10H13F2N3O2. The van der Waals surface area contributed by atoms with Crippen molar-refractivity contribution in [3.63, 3.8) is 0 Å². The van der Waals surface area contributed by atoms with Crippen LogP contribution < -0.4 is 5.32 Å². The van der Waals surface area contributed by atoms with Crippen molar-refractivity contribution in [2.75, 3.05) is 13.6 Å². The summed E-state index contributed by atoms with van der Waals surface area (Å²) in [5.74, 6) is -3.15. The van der Waals surface area contributed by atoms with Gasteiger partial charge in [-0.2, -0.15) is 0 Å². The lowest BCUT2D eigenvalue weighted by Gasteiger charge is -2.19. The number of carbonyl (C=O) groups excluding carboxylic acids is 1. The second-order valence-electron chi connectivity index (χ2n) is 4.18. The van der Waals surface area contributed by atoms with E-state index in [1.165, 1.54) is 11.2 Å². The van der Waals surface area contributed by atoms with Gasteiger partial charge < -0.3 is 9.42 Å². The number of likely N-dealkylation sites (N-methyl/N-ethyl adjacent to an activating group) is 1. The van der Waals surface area contributed by atoms with Crippen molar-refractivity contribution in [2.24, 2.45) is 0 Å². The smallest absolute Gasteiger partial charge is 0.262 e. The van der Waals surface area contributed by atoms with Gasteiger partial charge in [-0.05, 0) is 0 Å². The molecule has 0 aliphatic carbocycles. The normalized spacial score (nSPS) is 22.6. The Labute approximate surface area is 96.7 Å². The number of aromatic nitrogens is 1. The van der Waals surface area contributed by atoms with Gasteiger partial charge in [0.2, 0.25) is 5.91 Å². The lowest BCUT2D eigenvalue weighted by atomic mass is 10.1. The molecule has 94 valence electrons. The summed E-state index contributed by atoms with van der Waals surface area (Å²) < 4.78 is 30.5. The summed E-state index contributed by atoms with van der Waals surface area (Å²) in [5, 5.41) is 6.18. The molecule has 0 bridgehead atoms. The summed E-state index contributed by atoms with van der Waals surface area (Å²) in [6.45, 7) is -0.194. The molecule has 2 rings (SSSR count). The topological polar surface area (TPSA) is 58.4 Å². The molecule has 1 atom stereocenters. The number of alkyl halides is 2. The Bertz CT molecular complexity index is 394. The summed E-state index contributed by atoms with van der Waals surface area (Å²) in [7, 11) is 1.55. The molecule has 2 heterocycles. The predicted molar refractivity (Wildman–Crippen MR) is 54.3 cm³/mol. The van der Waals surface area contributed by atoms with E-state index >= 15 is 0 Å². The lowest BCUT2D eigenvalue weighted by Crippen LogP contribution is -2.41. The molecule has 1 aliphatic heterocycles. The highest BCUT2D eigenvalue weighted by atomic mass is 19.3. The van der Waals surface area contributed by atoms with Crippen LogP contribution >= 0.6 is 0 Å². The summed E-state index contributed by atoms with van der Waals surface area (Å²) >= 11 is 0. The molecule has 0 aromatic carbocycles. The monoisotopic (exact) mass is 245 g/mol. The molecule has 1 aromatic heterocycles. The molecule has 0 saturated carbocycles. The summed E-state index contributed by atoms with van der Waals surface area (Å²) in [6, 6.07) is 0.808. The Morgan fingerprint density at radius 2 is 2.53 bits per heavy atom. The minimum atomic E-state index is -2.80. The average molecular weight is 245 g/mol. The number of carbonyl (C=O) groups is 1. The van der Waals surface area contributed by atoms with Crippen molar-refractivity contribution >= 4 is 5.91 Å². The lowest BCUT2D eigenvalue weighted by molar-refractivity contribution is -0.133. The van der Waals surface area contributed by atoms with E-state index in [0.29, 0.717) is 5.69 Å². The molecule has 0 radical (unpaired) electrons. The first kappa shape index (κ1) is 12.0. The maximum atomic E-state index is 12.9. The number of halogens is 2. The van der Waals surface area contributed by atoms with Crippen molar-refractivity contribution in [1.29, 1.82) is 0 Å². The highest BCUT2D eigenvalue weighted by Crippen LogP contribution is 2.25. The molecule has 1 amide bonds. The fourth-order valence-electron chi connectivity index (χ4n) is 1.80. The van der Waals surface area contributed by atoms with Crippen molar-refractivity contribution in [1.82, 2.24) is 15.4 Å². The van der Waals surface area contributed by atoms with E-state index in [2.05, 4.69) is 15.0 Å². The van der Waals surface area contributed by atoms with E-state index in [4.69, 9.17) is 0 Å². The van der Waals surface area contributed by atoms with Gasteiger partial charge in [-0.3, -0.25) is 10.1 Å². The van der Waals surface area contributed by atoms with Gasteiger partial charge in [-0.15, -0.1) is 0 Å². The highest BCUT2D eigenvalue weighted by molar-refractivity contribution is 5.82. The van der Waals surface area contributed by atoms with E-state index in [1.54, 1.807) is 13.1 Å². The second kappa shape index (κ2) is 4.40. The zero-order valence-corrected chi connectivity index (χ0v) is 9.32. The number of hydrogen-bond acceptors (Lipinski definition) is 4. The molecular weight excluding hydrogens is 232 g/mol.